The first-order valence-corrected chi connectivity index (χ1v) is 10.6. The van der Waals surface area contributed by atoms with Crippen LogP contribution in [0.1, 0.15) is 29.7 Å². The van der Waals surface area contributed by atoms with Gasteiger partial charge >= 0.3 is 0 Å². The first-order chi connectivity index (χ1) is 14.6. The summed E-state index contributed by atoms with van der Waals surface area (Å²) in [5, 5.41) is 14.7. The van der Waals surface area contributed by atoms with Gasteiger partial charge in [-0.1, -0.05) is 71.7 Å². The van der Waals surface area contributed by atoms with E-state index in [9.17, 15) is 5.11 Å². The second-order valence-electron chi connectivity index (χ2n) is 6.78. The van der Waals surface area contributed by atoms with Crippen LogP contribution in [-0.2, 0) is 13.2 Å². The van der Waals surface area contributed by atoms with E-state index in [2.05, 4.69) is 5.32 Å². The molecule has 3 aromatic carbocycles. The molecular formula is C24H25Cl2NO3. The van der Waals surface area contributed by atoms with Gasteiger partial charge in [-0.05, 0) is 36.2 Å². The first-order valence-electron chi connectivity index (χ1n) is 9.83. The van der Waals surface area contributed by atoms with Crippen molar-refractivity contribution in [1.82, 2.24) is 5.32 Å². The van der Waals surface area contributed by atoms with Crippen LogP contribution in [0.15, 0.2) is 66.7 Å². The van der Waals surface area contributed by atoms with Crippen molar-refractivity contribution in [3.05, 3.63) is 93.5 Å². The Labute approximate surface area is 187 Å². The molecule has 0 aliphatic heterocycles. The molecule has 0 aromatic heterocycles. The van der Waals surface area contributed by atoms with Crippen LogP contribution in [0.5, 0.6) is 11.5 Å². The maximum Gasteiger partial charge on any atom is 0.180 e. The summed E-state index contributed by atoms with van der Waals surface area (Å²) in [6.07, 6.45) is -0.578. The SMILES string of the molecule is CCOc1cc(CNCC(O)c2ccccc2)cc(Cl)c1OCc1ccccc1Cl. The molecule has 158 valence electrons. The maximum atomic E-state index is 10.3. The lowest BCUT2D eigenvalue weighted by Gasteiger charge is -2.17. The molecule has 30 heavy (non-hydrogen) atoms. The fourth-order valence-electron chi connectivity index (χ4n) is 3.04. The van der Waals surface area contributed by atoms with E-state index in [0.29, 0.717) is 47.8 Å². The molecule has 0 fully saturated rings. The zero-order valence-electron chi connectivity index (χ0n) is 16.8. The molecule has 0 bridgehead atoms. The van der Waals surface area contributed by atoms with Gasteiger partial charge in [0.15, 0.2) is 11.5 Å². The van der Waals surface area contributed by atoms with Gasteiger partial charge in [-0.15, -0.1) is 0 Å². The number of benzene rings is 3. The minimum atomic E-state index is -0.578. The highest BCUT2D eigenvalue weighted by Crippen LogP contribution is 2.37. The molecule has 3 rings (SSSR count). The van der Waals surface area contributed by atoms with Gasteiger partial charge in [-0.2, -0.15) is 0 Å². The molecule has 0 heterocycles. The second kappa shape index (κ2) is 11.2. The third-order valence-electron chi connectivity index (χ3n) is 4.55. The van der Waals surface area contributed by atoms with E-state index in [0.717, 1.165) is 16.7 Å². The quantitative estimate of drug-likeness (QED) is 0.414. The van der Waals surface area contributed by atoms with Crippen LogP contribution in [0.25, 0.3) is 0 Å². The lowest BCUT2D eigenvalue weighted by Crippen LogP contribution is -2.21. The molecule has 0 amide bonds. The molecule has 0 saturated heterocycles. The third kappa shape index (κ3) is 6.13. The summed E-state index contributed by atoms with van der Waals surface area (Å²) in [7, 11) is 0. The van der Waals surface area contributed by atoms with Crippen molar-refractivity contribution < 1.29 is 14.6 Å². The van der Waals surface area contributed by atoms with Crippen molar-refractivity contribution in [3.63, 3.8) is 0 Å². The summed E-state index contributed by atoms with van der Waals surface area (Å²) in [6.45, 7) is 3.65. The molecule has 0 aliphatic carbocycles. The third-order valence-corrected chi connectivity index (χ3v) is 5.20. The number of nitrogens with one attached hydrogen (secondary N) is 1. The van der Waals surface area contributed by atoms with Crippen molar-refractivity contribution >= 4 is 23.2 Å². The first kappa shape index (κ1) is 22.4. The lowest BCUT2D eigenvalue weighted by atomic mass is 10.1. The van der Waals surface area contributed by atoms with Crippen molar-refractivity contribution in [2.24, 2.45) is 0 Å². The topological polar surface area (TPSA) is 50.7 Å². The Kier molecular flexibility index (Phi) is 8.40. The van der Waals surface area contributed by atoms with Gasteiger partial charge in [0.1, 0.15) is 6.61 Å². The predicted molar refractivity (Wildman–Crippen MR) is 122 cm³/mol. The summed E-state index contributed by atoms with van der Waals surface area (Å²) >= 11 is 12.7. The van der Waals surface area contributed by atoms with Gasteiger partial charge in [0.25, 0.3) is 0 Å². The summed E-state index contributed by atoms with van der Waals surface area (Å²) in [5.41, 5.74) is 2.69. The minimum Gasteiger partial charge on any atom is -0.490 e. The van der Waals surface area contributed by atoms with E-state index in [-0.39, 0.29) is 0 Å². The van der Waals surface area contributed by atoms with E-state index in [1.54, 1.807) is 0 Å². The highest BCUT2D eigenvalue weighted by molar-refractivity contribution is 6.32. The van der Waals surface area contributed by atoms with Gasteiger partial charge in [-0.3, -0.25) is 0 Å². The van der Waals surface area contributed by atoms with Crippen LogP contribution in [0.4, 0.5) is 0 Å². The number of ether oxygens (including phenoxy) is 2. The van der Waals surface area contributed by atoms with E-state index < -0.39 is 6.10 Å². The molecule has 0 radical (unpaired) electrons. The molecule has 0 spiro atoms. The molecule has 6 heteroatoms. The number of aliphatic hydroxyl groups excluding tert-OH is 1. The Balaban J connectivity index is 1.65. The van der Waals surface area contributed by atoms with Crippen LogP contribution in [0, 0.1) is 0 Å². The number of halogens is 2. The molecule has 1 atom stereocenters. The zero-order valence-corrected chi connectivity index (χ0v) is 18.3. The Hall–Kier alpha value is -2.24. The number of hydrogen-bond donors (Lipinski definition) is 2. The lowest BCUT2D eigenvalue weighted by molar-refractivity contribution is 0.174. The maximum absolute atomic E-state index is 10.3. The zero-order chi connectivity index (χ0) is 21.3. The molecule has 0 aliphatic rings. The van der Waals surface area contributed by atoms with E-state index in [1.165, 1.54) is 0 Å². The molecule has 4 nitrogen and oxygen atoms in total. The molecule has 0 saturated carbocycles. The van der Waals surface area contributed by atoms with Gasteiger partial charge in [0, 0.05) is 23.7 Å². The average Bonchev–Trinajstić information content (AvgIpc) is 2.75. The van der Waals surface area contributed by atoms with Crippen LogP contribution in [0.2, 0.25) is 10.0 Å². The highest BCUT2D eigenvalue weighted by Gasteiger charge is 2.14. The molecule has 1 unspecified atom stereocenters. The summed E-state index contributed by atoms with van der Waals surface area (Å²) in [5.74, 6) is 1.07. The number of aliphatic hydroxyl groups is 1. The number of hydrogen-bond acceptors (Lipinski definition) is 4. The summed E-state index contributed by atoms with van der Waals surface area (Å²) in [4.78, 5) is 0. The van der Waals surface area contributed by atoms with E-state index >= 15 is 0 Å². The predicted octanol–water partition coefficient (Wildman–Crippen LogP) is 5.79. The smallest absolute Gasteiger partial charge is 0.180 e. The minimum absolute atomic E-state index is 0.292. The summed E-state index contributed by atoms with van der Waals surface area (Å²) in [6, 6.07) is 20.8. The van der Waals surface area contributed by atoms with Gasteiger partial charge < -0.3 is 19.9 Å². The largest absolute Gasteiger partial charge is 0.490 e. The molecule has 2 N–H and O–H groups in total. The standard InChI is InChI=1S/C24H25Cl2NO3/c1-2-29-23-13-17(14-27-15-22(28)18-8-4-3-5-9-18)12-21(26)24(23)30-16-19-10-6-7-11-20(19)25/h3-13,22,27-28H,2,14-16H2,1H3. The summed E-state index contributed by atoms with van der Waals surface area (Å²) < 4.78 is 11.7. The average molecular weight is 446 g/mol. The second-order valence-corrected chi connectivity index (χ2v) is 7.59. The van der Waals surface area contributed by atoms with E-state index in [1.807, 2.05) is 73.7 Å². The fourth-order valence-corrected chi connectivity index (χ4v) is 3.52. The van der Waals surface area contributed by atoms with Crippen molar-refractivity contribution in [3.8, 4) is 11.5 Å². The van der Waals surface area contributed by atoms with Crippen molar-refractivity contribution in [1.29, 1.82) is 0 Å². The van der Waals surface area contributed by atoms with Crippen LogP contribution >= 0.6 is 23.2 Å². The van der Waals surface area contributed by atoms with Crippen LogP contribution < -0.4 is 14.8 Å². The van der Waals surface area contributed by atoms with Gasteiger partial charge in [-0.25, -0.2) is 0 Å². The van der Waals surface area contributed by atoms with E-state index in [4.69, 9.17) is 32.7 Å². The Bertz CT molecular complexity index is 950. The molecule has 3 aromatic rings. The van der Waals surface area contributed by atoms with Crippen LogP contribution in [-0.4, -0.2) is 18.3 Å². The molecular weight excluding hydrogens is 421 g/mol. The highest BCUT2D eigenvalue weighted by atomic mass is 35.5. The Morgan fingerprint density at radius 2 is 1.67 bits per heavy atom. The Morgan fingerprint density at radius 1 is 0.933 bits per heavy atom. The monoisotopic (exact) mass is 445 g/mol. The number of rotatable bonds is 10. The fraction of sp³-hybridized carbons (Fsp3) is 0.250. The van der Waals surface area contributed by atoms with Crippen LogP contribution in [0.3, 0.4) is 0 Å². The van der Waals surface area contributed by atoms with Crippen molar-refractivity contribution in [2.75, 3.05) is 13.2 Å². The van der Waals surface area contributed by atoms with Crippen molar-refractivity contribution in [2.45, 2.75) is 26.2 Å². The normalized spacial score (nSPS) is 11.9. The van der Waals surface area contributed by atoms with Gasteiger partial charge in [0.2, 0.25) is 0 Å². The Morgan fingerprint density at radius 3 is 2.40 bits per heavy atom. The van der Waals surface area contributed by atoms with Gasteiger partial charge in [0.05, 0.1) is 17.7 Å².